The van der Waals surface area contributed by atoms with Crippen molar-refractivity contribution in [2.24, 2.45) is 16.6 Å². The zero-order chi connectivity index (χ0) is 42.2. The quantitative estimate of drug-likeness (QED) is 0.123. The lowest BCUT2D eigenvalue weighted by Gasteiger charge is -2.15. The maximum absolute atomic E-state index is 6.41. The van der Waals surface area contributed by atoms with Gasteiger partial charge in [-0.2, -0.15) is 0 Å². The van der Waals surface area contributed by atoms with Crippen LogP contribution in [-0.4, -0.2) is 32.0 Å². The summed E-state index contributed by atoms with van der Waals surface area (Å²) < 4.78 is 4.66. The number of allylic oxidation sites excluding steroid dienone is 6. The average Bonchev–Trinajstić information content (AvgIpc) is 3.82. The number of hydrogen-bond donors (Lipinski definition) is 1. The fraction of sp³-hybridized carbons (Fsp3) is 0.0893. The summed E-state index contributed by atoms with van der Waals surface area (Å²) in [6.45, 7) is 4.28. The number of aromatic nitrogens is 4. The number of hydrogen-bond acceptors (Lipinski definition) is 3. The van der Waals surface area contributed by atoms with E-state index in [0.29, 0.717) is 17.6 Å². The number of benzene rings is 6. The minimum atomic E-state index is 0.452. The molecule has 3 heterocycles. The lowest BCUT2D eigenvalue weighted by atomic mass is 9.95. The summed E-state index contributed by atoms with van der Waals surface area (Å²) in [5.41, 5.74) is 19.1. The van der Waals surface area contributed by atoms with E-state index < -0.39 is 0 Å². The topological polar surface area (TPSA) is 74.0 Å². The molecule has 0 fully saturated rings. The van der Waals surface area contributed by atoms with Gasteiger partial charge in [-0.25, -0.2) is 9.97 Å². The van der Waals surface area contributed by atoms with Crippen molar-refractivity contribution < 1.29 is 0 Å². The first-order valence-electron chi connectivity index (χ1n) is 21.2. The zero-order valence-corrected chi connectivity index (χ0v) is 35.1. The summed E-state index contributed by atoms with van der Waals surface area (Å²) in [6, 6.07) is 53.8. The zero-order valence-electron chi connectivity index (χ0n) is 35.1. The first-order valence-corrected chi connectivity index (χ1v) is 21.2. The van der Waals surface area contributed by atoms with Crippen LogP contribution in [0.1, 0.15) is 26.0 Å². The Hall–Kier alpha value is -7.83. The van der Waals surface area contributed by atoms with Crippen LogP contribution < -0.4 is 16.3 Å². The van der Waals surface area contributed by atoms with Gasteiger partial charge in [0.15, 0.2) is 5.82 Å². The van der Waals surface area contributed by atoms with E-state index in [0.717, 1.165) is 89.5 Å². The number of rotatable bonds is 8. The van der Waals surface area contributed by atoms with Crippen molar-refractivity contribution in [2.45, 2.75) is 20.3 Å². The van der Waals surface area contributed by atoms with Crippen LogP contribution in [0.4, 0.5) is 0 Å². The van der Waals surface area contributed by atoms with Crippen LogP contribution >= 0.6 is 0 Å². The van der Waals surface area contributed by atoms with Gasteiger partial charge in [-0.15, -0.1) is 0 Å². The molecule has 6 heteroatoms. The first-order chi connectivity index (χ1) is 30.5. The number of para-hydroxylation sites is 2. The Labute approximate surface area is 361 Å². The highest BCUT2D eigenvalue weighted by Gasteiger charge is 2.18. The van der Waals surface area contributed by atoms with E-state index >= 15 is 0 Å². The smallest absolute Gasteiger partial charge is 0.160 e. The molecule has 0 saturated heterocycles. The average molecular weight is 803 g/mol. The van der Waals surface area contributed by atoms with E-state index in [4.69, 9.17) is 15.7 Å². The second kappa shape index (κ2) is 16.3. The Morgan fingerprint density at radius 2 is 1.31 bits per heavy atom. The van der Waals surface area contributed by atoms with E-state index in [9.17, 15) is 0 Å². The van der Waals surface area contributed by atoms with Crippen LogP contribution in [0.3, 0.4) is 0 Å². The summed E-state index contributed by atoms with van der Waals surface area (Å²) in [7, 11) is 1.73. The molecule has 2 N–H and O–H groups in total. The largest absolute Gasteiger partial charge is 0.384 e. The molecule has 62 heavy (non-hydrogen) atoms. The molecule has 3 aromatic heterocycles. The Morgan fingerprint density at radius 3 is 2.06 bits per heavy atom. The lowest BCUT2D eigenvalue weighted by Crippen LogP contribution is -2.30. The molecule has 10 rings (SSSR count). The molecule has 1 unspecified atom stereocenters. The van der Waals surface area contributed by atoms with Crippen molar-refractivity contribution in [3.63, 3.8) is 0 Å². The third-order valence-electron chi connectivity index (χ3n) is 11.8. The molecule has 0 bridgehead atoms. The summed E-state index contributed by atoms with van der Waals surface area (Å²) in [5, 5.41) is 5.53. The second-order valence-electron chi connectivity index (χ2n) is 15.9. The fourth-order valence-electron chi connectivity index (χ4n) is 8.79. The van der Waals surface area contributed by atoms with Gasteiger partial charge in [-0.3, -0.25) is 4.99 Å². The molecule has 0 spiro atoms. The van der Waals surface area contributed by atoms with E-state index in [2.05, 4.69) is 191 Å². The van der Waals surface area contributed by atoms with E-state index in [1.165, 1.54) is 10.8 Å². The minimum absolute atomic E-state index is 0.452. The number of nitrogens with two attached hydrogens (primary N) is 1. The van der Waals surface area contributed by atoms with Crippen LogP contribution in [0.5, 0.6) is 0 Å². The fourth-order valence-corrected chi connectivity index (χ4v) is 8.79. The molecule has 1 aliphatic carbocycles. The Balaban J connectivity index is 1.12. The van der Waals surface area contributed by atoms with Crippen molar-refractivity contribution >= 4 is 56.3 Å². The first kappa shape index (κ1) is 38.4. The standard InChI is InChI=1S/C56H46N6/c1-4-5-25-52-48(35-55(57)58-3)47-34-40(28-30-54(47)61(52)43-21-10-7-11-22-43)39-27-29-53-46(33-39)45-24-12-13-26-51(45)62(53)44-23-15-20-42(32-44)56-59-49(38-17-8-6-9-18-38)36-50(60-56)41-19-14-16-37(2)31-41/h4-15,17-37H,16H2,1-3H3,(H2,57,58)/b5-4-,48-35?,52-25+. The van der Waals surface area contributed by atoms with Gasteiger partial charge in [0, 0.05) is 50.9 Å². The molecule has 300 valence electrons. The Kier molecular flexibility index (Phi) is 10.1. The van der Waals surface area contributed by atoms with Crippen molar-refractivity contribution in [1.82, 2.24) is 19.1 Å². The molecule has 0 amide bonds. The van der Waals surface area contributed by atoms with E-state index in [-0.39, 0.29) is 0 Å². The molecule has 9 aromatic rings. The summed E-state index contributed by atoms with van der Waals surface area (Å²) in [6.07, 6.45) is 16.0. The third-order valence-corrected chi connectivity index (χ3v) is 11.8. The van der Waals surface area contributed by atoms with Crippen molar-refractivity contribution in [3.8, 4) is 45.1 Å². The molecule has 6 aromatic carbocycles. The normalized spacial score (nSPS) is 15.1. The third kappa shape index (κ3) is 7.05. The van der Waals surface area contributed by atoms with Gasteiger partial charge in [-0.1, -0.05) is 128 Å². The van der Waals surface area contributed by atoms with Gasteiger partial charge in [-0.05, 0) is 109 Å². The lowest BCUT2D eigenvalue weighted by molar-refractivity contribution is 0.739. The predicted molar refractivity (Wildman–Crippen MR) is 261 cm³/mol. The van der Waals surface area contributed by atoms with E-state index in [1.807, 2.05) is 31.2 Å². The number of amidine groups is 1. The number of aliphatic imine (C=N–C) groups is 1. The number of fused-ring (bicyclic) bond motifs is 4. The molecule has 0 saturated carbocycles. The summed E-state index contributed by atoms with van der Waals surface area (Å²) >= 11 is 0. The maximum Gasteiger partial charge on any atom is 0.160 e. The predicted octanol–water partition coefficient (Wildman–Crippen LogP) is 11.6. The van der Waals surface area contributed by atoms with Crippen LogP contribution in [0.25, 0.3) is 95.6 Å². The van der Waals surface area contributed by atoms with Gasteiger partial charge in [0.05, 0.1) is 33.3 Å². The van der Waals surface area contributed by atoms with Gasteiger partial charge in [0.1, 0.15) is 5.84 Å². The summed E-state index contributed by atoms with van der Waals surface area (Å²) in [4.78, 5) is 14.7. The van der Waals surface area contributed by atoms with Gasteiger partial charge in [0.2, 0.25) is 0 Å². The highest BCUT2D eigenvalue weighted by atomic mass is 15.0. The van der Waals surface area contributed by atoms with Crippen LogP contribution in [0.2, 0.25) is 0 Å². The van der Waals surface area contributed by atoms with Gasteiger partial charge in [0.25, 0.3) is 0 Å². The van der Waals surface area contributed by atoms with Crippen molar-refractivity contribution in [1.29, 1.82) is 0 Å². The molecule has 0 radical (unpaired) electrons. The second-order valence-corrected chi connectivity index (χ2v) is 15.9. The molecular formula is C56H46N6. The molecule has 6 nitrogen and oxygen atoms in total. The molecule has 1 aliphatic rings. The molecular weight excluding hydrogens is 757 g/mol. The van der Waals surface area contributed by atoms with Crippen LogP contribution in [-0.2, 0) is 0 Å². The van der Waals surface area contributed by atoms with Crippen molar-refractivity contribution in [2.75, 3.05) is 7.05 Å². The highest BCUT2D eigenvalue weighted by molar-refractivity contribution is 6.11. The SMILES string of the molecule is C/C=C\C=c1/c(=CC(N)=NC)c2cc(-c3ccc4c(c3)c3ccccc3n4-c3cccc(-c4nc(C5=CC(C)CC=C5)cc(-c5ccccc5)n4)c3)ccc2n1-c1ccccc1. The Bertz CT molecular complexity index is 3420. The minimum Gasteiger partial charge on any atom is -0.384 e. The van der Waals surface area contributed by atoms with Crippen molar-refractivity contribution in [3.05, 3.63) is 198 Å². The summed E-state index contributed by atoms with van der Waals surface area (Å²) in [5.74, 6) is 1.62. The molecule has 0 aliphatic heterocycles. The van der Waals surface area contributed by atoms with Crippen LogP contribution in [0, 0.1) is 5.92 Å². The van der Waals surface area contributed by atoms with Crippen LogP contribution in [0.15, 0.2) is 187 Å². The highest BCUT2D eigenvalue weighted by Crippen LogP contribution is 2.37. The number of nitrogens with zero attached hydrogens (tertiary/aromatic N) is 5. The van der Waals surface area contributed by atoms with Gasteiger partial charge >= 0.3 is 0 Å². The van der Waals surface area contributed by atoms with E-state index in [1.54, 1.807) is 7.05 Å². The maximum atomic E-state index is 6.41. The Morgan fingerprint density at radius 1 is 0.645 bits per heavy atom. The monoisotopic (exact) mass is 802 g/mol. The van der Waals surface area contributed by atoms with Gasteiger partial charge < -0.3 is 14.9 Å². The molecule has 1 atom stereocenters.